The van der Waals surface area contributed by atoms with Gasteiger partial charge in [-0.05, 0) is 31.2 Å². The number of nitrogens with zero attached hydrogens (tertiary/aromatic N) is 3. The predicted octanol–water partition coefficient (Wildman–Crippen LogP) is 2.26. The van der Waals surface area contributed by atoms with Crippen LogP contribution in [-0.2, 0) is 14.3 Å². The lowest BCUT2D eigenvalue weighted by Crippen LogP contribution is -2.29. The van der Waals surface area contributed by atoms with Crippen molar-refractivity contribution in [1.82, 2.24) is 9.97 Å². The number of rotatable bonds is 3. The summed E-state index contributed by atoms with van der Waals surface area (Å²) < 4.78 is 10.4. The molecule has 0 unspecified atom stereocenters. The van der Waals surface area contributed by atoms with E-state index in [1.54, 1.807) is 18.3 Å². The van der Waals surface area contributed by atoms with Crippen LogP contribution in [0.2, 0.25) is 0 Å². The van der Waals surface area contributed by atoms with Crippen LogP contribution in [0.1, 0.15) is 5.69 Å². The average Bonchev–Trinajstić information content (AvgIpc) is 3.01. The SMILES string of the molecule is C=CC(=O)N(C1=COCO1)c1cc(C)nc2cccnc12. The molecule has 6 heteroatoms. The van der Waals surface area contributed by atoms with Crippen LogP contribution < -0.4 is 4.90 Å². The number of aryl methyl sites for hydroxylation is 1. The zero-order valence-electron chi connectivity index (χ0n) is 11.4. The Kier molecular flexibility index (Phi) is 3.27. The van der Waals surface area contributed by atoms with E-state index in [1.165, 1.54) is 17.2 Å². The summed E-state index contributed by atoms with van der Waals surface area (Å²) >= 11 is 0. The molecule has 21 heavy (non-hydrogen) atoms. The summed E-state index contributed by atoms with van der Waals surface area (Å²) in [6, 6.07) is 5.42. The standard InChI is InChI=1S/C15H13N3O3/c1-3-13(19)18(14-8-20-9-21-14)12-7-10(2)17-11-5-4-6-16-15(11)12/h3-8H,1,9H2,2H3. The summed E-state index contributed by atoms with van der Waals surface area (Å²) in [5.74, 6) is -0.0262. The lowest BCUT2D eigenvalue weighted by molar-refractivity contribution is -0.114. The number of pyridine rings is 2. The van der Waals surface area contributed by atoms with Gasteiger partial charge >= 0.3 is 0 Å². The predicted molar refractivity (Wildman–Crippen MR) is 77.1 cm³/mol. The molecule has 3 rings (SSSR count). The van der Waals surface area contributed by atoms with Gasteiger partial charge in [-0.2, -0.15) is 0 Å². The molecular weight excluding hydrogens is 270 g/mol. The van der Waals surface area contributed by atoms with Gasteiger partial charge in [-0.25, -0.2) is 4.90 Å². The van der Waals surface area contributed by atoms with E-state index in [4.69, 9.17) is 9.47 Å². The molecule has 6 nitrogen and oxygen atoms in total. The third-order valence-electron chi connectivity index (χ3n) is 2.99. The fraction of sp³-hybridized carbons (Fsp3) is 0.133. The monoisotopic (exact) mass is 283 g/mol. The Hall–Kier alpha value is -2.89. The maximum Gasteiger partial charge on any atom is 0.257 e. The number of ether oxygens (including phenoxy) is 2. The van der Waals surface area contributed by atoms with E-state index >= 15 is 0 Å². The summed E-state index contributed by atoms with van der Waals surface area (Å²) in [6.45, 7) is 5.46. The minimum absolute atomic E-state index is 0.0751. The summed E-state index contributed by atoms with van der Waals surface area (Å²) in [6.07, 6.45) is 4.26. The van der Waals surface area contributed by atoms with Crippen LogP contribution in [0, 0.1) is 6.92 Å². The highest BCUT2D eigenvalue weighted by atomic mass is 16.7. The van der Waals surface area contributed by atoms with E-state index in [-0.39, 0.29) is 12.7 Å². The molecule has 1 amide bonds. The van der Waals surface area contributed by atoms with E-state index in [0.29, 0.717) is 22.6 Å². The second-order valence-electron chi connectivity index (χ2n) is 4.42. The summed E-state index contributed by atoms with van der Waals surface area (Å²) in [4.78, 5) is 22.3. The molecule has 0 atom stereocenters. The molecule has 0 N–H and O–H groups in total. The Labute approximate surface area is 121 Å². The second kappa shape index (κ2) is 5.24. The fourth-order valence-electron chi connectivity index (χ4n) is 2.13. The van der Waals surface area contributed by atoms with Gasteiger partial charge in [0.2, 0.25) is 12.7 Å². The highest BCUT2D eigenvalue weighted by molar-refractivity contribution is 6.07. The number of anilines is 1. The van der Waals surface area contributed by atoms with Gasteiger partial charge < -0.3 is 9.47 Å². The first kappa shape index (κ1) is 13.1. The van der Waals surface area contributed by atoms with Crippen molar-refractivity contribution in [2.24, 2.45) is 0 Å². The van der Waals surface area contributed by atoms with Gasteiger partial charge in [0, 0.05) is 11.9 Å². The smallest absolute Gasteiger partial charge is 0.257 e. The van der Waals surface area contributed by atoms with Crippen LogP contribution in [0.4, 0.5) is 5.69 Å². The molecule has 0 saturated carbocycles. The molecule has 106 valence electrons. The molecule has 0 aromatic carbocycles. The molecule has 0 bridgehead atoms. The summed E-state index contributed by atoms with van der Waals surface area (Å²) in [5, 5.41) is 0. The van der Waals surface area contributed by atoms with Gasteiger partial charge in [0.25, 0.3) is 5.91 Å². The van der Waals surface area contributed by atoms with Crippen molar-refractivity contribution in [3.8, 4) is 0 Å². The van der Waals surface area contributed by atoms with Crippen LogP contribution in [0.25, 0.3) is 11.0 Å². The zero-order valence-corrected chi connectivity index (χ0v) is 11.4. The number of carbonyl (C=O) groups is 1. The third kappa shape index (κ3) is 2.31. The Balaban J connectivity index is 2.23. The van der Waals surface area contributed by atoms with Crippen LogP contribution in [0.3, 0.4) is 0 Å². The zero-order chi connectivity index (χ0) is 14.8. The Bertz CT molecular complexity index is 755. The molecular formula is C15H13N3O3. The van der Waals surface area contributed by atoms with Crippen molar-refractivity contribution in [3.05, 3.63) is 54.9 Å². The number of fused-ring (bicyclic) bond motifs is 1. The maximum atomic E-state index is 12.2. The van der Waals surface area contributed by atoms with Gasteiger partial charge in [-0.3, -0.25) is 14.8 Å². The maximum absolute atomic E-state index is 12.2. The summed E-state index contributed by atoms with van der Waals surface area (Å²) in [7, 11) is 0. The highest BCUT2D eigenvalue weighted by Crippen LogP contribution is 2.29. The van der Waals surface area contributed by atoms with Gasteiger partial charge in [0.15, 0.2) is 0 Å². The number of hydrogen-bond donors (Lipinski definition) is 0. The van der Waals surface area contributed by atoms with Crippen molar-refractivity contribution in [2.45, 2.75) is 6.92 Å². The van der Waals surface area contributed by atoms with Crippen molar-refractivity contribution in [2.75, 3.05) is 11.7 Å². The minimum atomic E-state index is -0.329. The lowest BCUT2D eigenvalue weighted by Gasteiger charge is -2.21. The largest absolute Gasteiger partial charge is 0.459 e. The first-order chi connectivity index (χ1) is 10.2. The van der Waals surface area contributed by atoms with Crippen molar-refractivity contribution < 1.29 is 14.3 Å². The molecule has 0 fully saturated rings. The summed E-state index contributed by atoms with van der Waals surface area (Å²) in [5.41, 5.74) is 2.66. The van der Waals surface area contributed by atoms with Gasteiger partial charge in [-0.15, -0.1) is 0 Å². The van der Waals surface area contributed by atoms with Crippen molar-refractivity contribution in [1.29, 1.82) is 0 Å². The molecule has 2 aromatic heterocycles. The Morgan fingerprint density at radius 3 is 3.10 bits per heavy atom. The average molecular weight is 283 g/mol. The Morgan fingerprint density at radius 1 is 1.52 bits per heavy atom. The van der Waals surface area contributed by atoms with Crippen LogP contribution in [0.15, 0.2) is 49.2 Å². The van der Waals surface area contributed by atoms with Crippen LogP contribution >= 0.6 is 0 Å². The molecule has 0 saturated heterocycles. The molecule has 3 heterocycles. The molecule has 0 aliphatic carbocycles. The van der Waals surface area contributed by atoms with E-state index in [0.717, 1.165) is 5.69 Å². The first-order valence-electron chi connectivity index (χ1n) is 6.34. The molecule has 1 aliphatic rings. The van der Waals surface area contributed by atoms with E-state index < -0.39 is 0 Å². The number of hydrogen-bond acceptors (Lipinski definition) is 5. The second-order valence-corrected chi connectivity index (χ2v) is 4.42. The highest BCUT2D eigenvalue weighted by Gasteiger charge is 2.25. The van der Waals surface area contributed by atoms with Crippen LogP contribution in [0.5, 0.6) is 0 Å². The number of carbonyl (C=O) groups excluding carboxylic acids is 1. The van der Waals surface area contributed by atoms with Gasteiger partial charge in [-0.1, -0.05) is 6.58 Å². The van der Waals surface area contributed by atoms with E-state index in [9.17, 15) is 4.79 Å². The quantitative estimate of drug-likeness (QED) is 0.808. The first-order valence-corrected chi connectivity index (χ1v) is 6.34. The van der Waals surface area contributed by atoms with Gasteiger partial charge in [0.1, 0.15) is 11.8 Å². The van der Waals surface area contributed by atoms with Crippen molar-refractivity contribution >= 4 is 22.6 Å². The molecule has 2 aromatic rings. The Morgan fingerprint density at radius 2 is 2.38 bits per heavy atom. The molecule has 0 spiro atoms. The van der Waals surface area contributed by atoms with E-state index in [1.807, 2.05) is 13.0 Å². The number of amides is 1. The number of aromatic nitrogens is 2. The molecule has 0 radical (unpaired) electrons. The minimum Gasteiger partial charge on any atom is -0.459 e. The normalized spacial score (nSPS) is 13.3. The molecule has 1 aliphatic heterocycles. The van der Waals surface area contributed by atoms with Gasteiger partial charge in [0.05, 0.1) is 11.2 Å². The topological polar surface area (TPSA) is 64.6 Å². The van der Waals surface area contributed by atoms with Crippen molar-refractivity contribution in [3.63, 3.8) is 0 Å². The lowest BCUT2D eigenvalue weighted by atomic mass is 10.2. The third-order valence-corrected chi connectivity index (χ3v) is 2.99. The van der Waals surface area contributed by atoms with Crippen LogP contribution in [-0.4, -0.2) is 22.7 Å². The van der Waals surface area contributed by atoms with E-state index in [2.05, 4.69) is 16.5 Å². The fourth-order valence-corrected chi connectivity index (χ4v) is 2.13.